The zero-order chi connectivity index (χ0) is 15.2. The predicted octanol–water partition coefficient (Wildman–Crippen LogP) is 3.81. The Bertz CT molecular complexity index is 564. The van der Waals surface area contributed by atoms with Gasteiger partial charge in [0.25, 0.3) is 0 Å². The van der Waals surface area contributed by atoms with Gasteiger partial charge in [0.2, 0.25) is 0 Å². The van der Waals surface area contributed by atoms with Gasteiger partial charge in [-0.3, -0.25) is 0 Å². The van der Waals surface area contributed by atoms with Crippen molar-refractivity contribution in [3.05, 3.63) is 58.6 Å². The maximum absolute atomic E-state index is 9.95. The second-order valence-electron chi connectivity index (χ2n) is 5.18. The molecule has 0 amide bonds. The zero-order valence-corrected chi connectivity index (χ0v) is 13.0. The molecule has 0 aliphatic carbocycles. The minimum absolute atomic E-state index is 0.253. The normalized spacial score (nSPS) is 12.0. The molecule has 2 N–H and O–H groups in total. The van der Waals surface area contributed by atoms with Crippen molar-refractivity contribution >= 4 is 17.3 Å². The first kappa shape index (κ1) is 15.7. The zero-order valence-electron chi connectivity index (χ0n) is 12.3. The minimum atomic E-state index is -0.582. The standard InChI is InChI=1S/C17H20ClNO2/c1-12-7-13(2)9-17(8-12)21-11-16(20)10-19-15-5-3-14(18)4-6-15/h3-9,16,19-20H,10-11H2,1-2H3. The summed E-state index contributed by atoms with van der Waals surface area (Å²) in [4.78, 5) is 0. The molecule has 2 rings (SSSR count). The fourth-order valence-electron chi connectivity index (χ4n) is 2.07. The number of benzene rings is 2. The van der Waals surface area contributed by atoms with Crippen molar-refractivity contribution in [2.45, 2.75) is 20.0 Å². The van der Waals surface area contributed by atoms with E-state index in [0.29, 0.717) is 11.6 Å². The van der Waals surface area contributed by atoms with Crippen LogP contribution in [0.5, 0.6) is 5.75 Å². The molecule has 0 aliphatic rings. The van der Waals surface area contributed by atoms with E-state index in [1.165, 1.54) is 0 Å². The Hall–Kier alpha value is -1.71. The molecule has 0 radical (unpaired) electrons. The molecule has 0 aliphatic heterocycles. The van der Waals surface area contributed by atoms with Crippen molar-refractivity contribution in [1.82, 2.24) is 0 Å². The number of hydrogen-bond donors (Lipinski definition) is 2. The van der Waals surface area contributed by atoms with Gasteiger partial charge >= 0.3 is 0 Å². The molecule has 0 saturated heterocycles. The molecule has 0 fully saturated rings. The Kier molecular flexibility index (Phi) is 5.48. The lowest BCUT2D eigenvalue weighted by molar-refractivity contribution is 0.117. The van der Waals surface area contributed by atoms with E-state index in [1.54, 1.807) is 0 Å². The first-order valence-corrected chi connectivity index (χ1v) is 7.29. The van der Waals surface area contributed by atoms with Gasteiger partial charge < -0.3 is 15.2 Å². The van der Waals surface area contributed by atoms with Gasteiger partial charge in [0.15, 0.2) is 0 Å². The number of anilines is 1. The Balaban J connectivity index is 1.79. The molecule has 0 saturated carbocycles. The van der Waals surface area contributed by atoms with Crippen LogP contribution >= 0.6 is 11.6 Å². The summed E-state index contributed by atoms with van der Waals surface area (Å²) in [5.41, 5.74) is 3.22. The van der Waals surface area contributed by atoms with Crippen LogP contribution < -0.4 is 10.1 Å². The van der Waals surface area contributed by atoms with E-state index < -0.39 is 6.10 Å². The Morgan fingerprint density at radius 2 is 1.71 bits per heavy atom. The third kappa shape index (κ3) is 5.29. The average Bonchev–Trinajstić information content (AvgIpc) is 2.43. The summed E-state index contributed by atoms with van der Waals surface area (Å²) in [6.45, 7) is 4.73. The van der Waals surface area contributed by atoms with E-state index in [-0.39, 0.29) is 6.61 Å². The average molecular weight is 306 g/mol. The summed E-state index contributed by atoms with van der Waals surface area (Å²) >= 11 is 5.82. The lowest BCUT2D eigenvalue weighted by atomic mass is 10.1. The maximum atomic E-state index is 9.95. The largest absolute Gasteiger partial charge is 0.491 e. The van der Waals surface area contributed by atoms with Crippen LogP contribution in [0.2, 0.25) is 5.02 Å². The lowest BCUT2D eigenvalue weighted by Gasteiger charge is -2.14. The number of hydrogen-bond acceptors (Lipinski definition) is 3. The Morgan fingerprint density at radius 1 is 1.10 bits per heavy atom. The van der Waals surface area contributed by atoms with Gasteiger partial charge in [-0.05, 0) is 61.4 Å². The van der Waals surface area contributed by atoms with Gasteiger partial charge in [-0.15, -0.1) is 0 Å². The lowest BCUT2D eigenvalue weighted by Crippen LogP contribution is -2.26. The van der Waals surface area contributed by atoms with Gasteiger partial charge in [0.05, 0.1) is 0 Å². The van der Waals surface area contributed by atoms with Gasteiger partial charge in [0.1, 0.15) is 18.5 Å². The fraction of sp³-hybridized carbons (Fsp3) is 0.294. The quantitative estimate of drug-likeness (QED) is 0.853. The third-order valence-corrected chi connectivity index (χ3v) is 3.28. The molecular formula is C17H20ClNO2. The van der Waals surface area contributed by atoms with Crippen LogP contribution in [0.3, 0.4) is 0 Å². The van der Waals surface area contributed by atoms with Gasteiger partial charge in [-0.1, -0.05) is 17.7 Å². The van der Waals surface area contributed by atoms with Crippen LogP contribution in [0.15, 0.2) is 42.5 Å². The monoisotopic (exact) mass is 305 g/mol. The fourth-order valence-corrected chi connectivity index (χ4v) is 2.20. The molecule has 3 nitrogen and oxygen atoms in total. The number of aryl methyl sites for hydroxylation is 2. The molecular weight excluding hydrogens is 286 g/mol. The van der Waals surface area contributed by atoms with Crippen molar-refractivity contribution in [3.8, 4) is 5.75 Å². The molecule has 2 aromatic rings. The molecule has 2 aromatic carbocycles. The van der Waals surface area contributed by atoms with Crippen LogP contribution in [0.4, 0.5) is 5.69 Å². The highest BCUT2D eigenvalue weighted by Gasteiger charge is 2.06. The highest BCUT2D eigenvalue weighted by molar-refractivity contribution is 6.30. The molecule has 1 unspecified atom stereocenters. The highest BCUT2D eigenvalue weighted by Crippen LogP contribution is 2.17. The third-order valence-electron chi connectivity index (χ3n) is 3.02. The van der Waals surface area contributed by atoms with Crippen molar-refractivity contribution in [1.29, 1.82) is 0 Å². The summed E-state index contributed by atoms with van der Waals surface area (Å²) in [7, 11) is 0. The molecule has 4 heteroatoms. The number of aliphatic hydroxyl groups excluding tert-OH is 1. The van der Waals surface area contributed by atoms with Crippen molar-refractivity contribution in [3.63, 3.8) is 0 Å². The summed E-state index contributed by atoms with van der Waals surface area (Å²) in [6.07, 6.45) is -0.582. The van der Waals surface area contributed by atoms with Crippen LogP contribution in [-0.4, -0.2) is 24.4 Å². The first-order valence-electron chi connectivity index (χ1n) is 6.91. The summed E-state index contributed by atoms with van der Waals surface area (Å²) in [5.74, 6) is 0.790. The predicted molar refractivity (Wildman–Crippen MR) is 87.4 cm³/mol. The Morgan fingerprint density at radius 3 is 2.33 bits per heavy atom. The number of rotatable bonds is 6. The first-order chi connectivity index (χ1) is 10.0. The molecule has 1 atom stereocenters. The van der Waals surface area contributed by atoms with Gasteiger partial charge in [-0.2, -0.15) is 0 Å². The Labute approximate surface area is 130 Å². The number of nitrogens with one attached hydrogen (secondary N) is 1. The number of aliphatic hydroxyl groups is 1. The van der Waals surface area contributed by atoms with Crippen molar-refractivity contribution in [2.75, 3.05) is 18.5 Å². The van der Waals surface area contributed by atoms with E-state index in [4.69, 9.17) is 16.3 Å². The van der Waals surface area contributed by atoms with Crippen LogP contribution in [0, 0.1) is 13.8 Å². The number of halogens is 1. The second-order valence-corrected chi connectivity index (χ2v) is 5.61. The molecule has 0 bridgehead atoms. The van der Waals surface area contributed by atoms with E-state index in [0.717, 1.165) is 22.6 Å². The molecule has 0 aromatic heterocycles. The molecule has 0 spiro atoms. The second kappa shape index (κ2) is 7.34. The van der Waals surface area contributed by atoms with Crippen molar-refractivity contribution < 1.29 is 9.84 Å². The minimum Gasteiger partial charge on any atom is -0.491 e. The molecule has 21 heavy (non-hydrogen) atoms. The van der Waals surface area contributed by atoms with E-state index >= 15 is 0 Å². The van der Waals surface area contributed by atoms with E-state index in [9.17, 15) is 5.11 Å². The van der Waals surface area contributed by atoms with Crippen LogP contribution in [0.25, 0.3) is 0 Å². The molecule has 112 valence electrons. The summed E-state index contributed by atoms with van der Waals surface area (Å²) < 4.78 is 5.63. The maximum Gasteiger partial charge on any atom is 0.119 e. The summed E-state index contributed by atoms with van der Waals surface area (Å²) in [6, 6.07) is 13.4. The SMILES string of the molecule is Cc1cc(C)cc(OCC(O)CNc2ccc(Cl)cc2)c1. The van der Waals surface area contributed by atoms with Crippen LogP contribution in [0.1, 0.15) is 11.1 Å². The topological polar surface area (TPSA) is 41.5 Å². The van der Waals surface area contributed by atoms with Crippen molar-refractivity contribution in [2.24, 2.45) is 0 Å². The number of ether oxygens (including phenoxy) is 1. The van der Waals surface area contributed by atoms with Gasteiger partial charge in [-0.25, -0.2) is 0 Å². The van der Waals surface area contributed by atoms with E-state index in [2.05, 4.69) is 11.4 Å². The van der Waals surface area contributed by atoms with E-state index in [1.807, 2.05) is 50.2 Å². The smallest absolute Gasteiger partial charge is 0.119 e. The molecule has 0 heterocycles. The van der Waals surface area contributed by atoms with Crippen LogP contribution in [-0.2, 0) is 0 Å². The highest BCUT2D eigenvalue weighted by atomic mass is 35.5. The summed E-state index contributed by atoms with van der Waals surface area (Å²) in [5, 5.41) is 13.8. The van der Waals surface area contributed by atoms with Gasteiger partial charge in [0, 0.05) is 17.3 Å².